The number of amides is 1. The van der Waals surface area contributed by atoms with E-state index in [1.807, 2.05) is 12.1 Å². The minimum atomic E-state index is 0.135. The van der Waals surface area contributed by atoms with Crippen LogP contribution in [0, 0.1) is 0 Å². The van der Waals surface area contributed by atoms with Gasteiger partial charge in [0.05, 0.1) is 6.61 Å². The number of carbonyl (C=O) groups is 1. The minimum Gasteiger partial charge on any atom is -0.493 e. The van der Waals surface area contributed by atoms with Crippen molar-refractivity contribution in [2.75, 3.05) is 27.2 Å². The lowest BCUT2D eigenvalue weighted by Gasteiger charge is -2.18. The van der Waals surface area contributed by atoms with Crippen LogP contribution in [0.1, 0.15) is 38.3 Å². The summed E-state index contributed by atoms with van der Waals surface area (Å²) in [6.07, 6.45) is 1.24. The number of benzene rings is 1. The number of hydrogen-bond donors (Lipinski definition) is 1. The normalized spacial score (nSPS) is 12.0. The summed E-state index contributed by atoms with van der Waals surface area (Å²) < 4.78 is 6.90. The molecule has 0 saturated heterocycles. The van der Waals surface area contributed by atoms with Crippen molar-refractivity contribution in [3.05, 3.63) is 28.2 Å². The van der Waals surface area contributed by atoms with Crippen LogP contribution in [0.4, 0.5) is 0 Å². The van der Waals surface area contributed by atoms with Crippen molar-refractivity contribution in [3.8, 4) is 5.75 Å². The highest BCUT2D eigenvalue weighted by atomic mass is 79.9. The maximum Gasteiger partial charge on any atom is 0.222 e. The van der Waals surface area contributed by atoms with Crippen LogP contribution in [0.15, 0.2) is 22.7 Å². The molecular weight excluding hydrogens is 332 g/mol. The van der Waals surface area contributed by atoms with Gasteiger partial charge in [-0.15, -0.1) is 0 Å². The zero-order valence-corrected chi connectivity index (χ0v) is 14.9. The lowest BCUT2D eigenvalue weighted by atomic mass is 10.1. The zero-order chi connectivity index (χ0) is 15.8. The summed E-state index contributed by atoms with van der Waals surface area (Å²) >= 11 is 3.50. The monoisotopic (exact) mass is 356 g/mol. The standard InChI is InChI=1S/C16H25BrN2O2/c1-5-18-12(2)14-11-13(17)8-9-15(14)21-10-6-7-16(20)19(3)4/h8-9,11-12,18H,5-7,10H2,1-4H3. The van der Waals surface area contributed by atoms with E-state index in [1.165, 1.54) is 0 Å². The Morgan fingerprint density at radius 3 is 2.76 bits per heavy atom. The Kier molecular flexibility index (Phi) is 7.75. The Bertz CT molecular complexity index is 464. The summed E-state index contributed by atoms with van der Waals surface area (Å²) in [5.74, 6) is 1.01. The van der Waals surface area contributed by atoms with Gasteiger partial charge in [0.15, 0.2) is 0 Å². The third-order valence-electron chi connectivity index (χ3n) is 3.24. The van der Waals surface area contributed by atoms with Gasteiger partial charge in [-0.3, -0.25) is 4.79 Å². The third-order valence-corrected chi connectivity index (χ3v) is 3.73. The Balaban J connectivity index is 2.60. The van der Waals surface area contributed by atoms with E-state index in [9.17, 15) is 4.79 Å². The van der Waals surface area contributed by atoms with Gasteiger partial charge in [-0.25, -0.2) is 0 Å². The molecule has 0 heterocycles. The molecule has 1 N–H and O–H groups in total. The van der Waals surface area contributed by atoms with Gasteiger partial charge in [0.25, 0.3) is 0 Å². The van der Waals surface area contributed by atoms with Crippen LogP contribution in [-0.4, -0.2) is 38.1 Å². The van der Waals surface area contributed by atoms with Crippen molar-refractivity contribution in [1.29, 1.82) is 0 Å². The molecule has 0 fully saturated rings. The Morgan fingerprint density at radius 1 is 1.43 bits per heavy atom. The molecule has 0 aliphatic heterocycles. The first-order chi connectivity index (χ1) is 9.95. The van der Waals surface area contributed by atoms with Crippen molar-refractivity contribution in [2.45, 2.75) is 32.7 Å². The van der Waals surface area contributed by atoms with E-state index in [1.54, 1.807) is 19.0 Å². The molecular formula is C16H25BrN2O2. The summed E-state index contributed by atoms with van der Waals surface area (Å²) in [7, 11) is 3.54. The molecule has 0 saturated carbocycles. The quantitative estimate of drug-likeness (QED) is 0.726. The summed E-state index contributed by atoms with van der Waals surface area (Å²) in [6.45, 7) is 5.66. The van der Waals surface area contributed by atoms with Crippen LogP contribution < -0.4 is 10.1 Å². The fraction of sp³-hybridized carbons (Fsp3) is 0.562. The van der Waals surface area contributed by atoms with E-state index in [-0.39, 0.29) is 11.9 Å². The number of nitrogens with one attached hydrogen (secondary N) is 1. The molecule has 1 rings (SSSR count). The molecule has 0 aromatic heterocycles. The van der Waals surface area contributed by atoms with Gasteiger partial charge < -0.3 is 15.0 Å². The number of rotatable bonds is 8. The molecule has 1 atom stereocenters. The van der Waals surface area contributed by atoms with Gasteiger partial charge in [0, 0.05) is 36.6 Å². The summed E-state index contributed by atoms with van der Waals surface area (Å²) in [5.41, 5.74) is 1.13. The fourth-order valence-electron chi connectivity index (χ4n) is 2.03. The number of nitrogens with zero attached hydrogens (tertiary/aromatic N) is 1. The SMILES string of the molecule is CCNC(C)c1cc(Br)ccc1OCCCC(=O)N(C)C. The van der Waals surface area contributed by atoms with Gasteiger partial charge in [-0.05, 0) is 38.1 Å². The van der Waals surface area contributed by atoms with Crippen molar-refractivity contribution in [3.63, 3.8) is 0 Å². The molecule has 1 amide bonds. The average molecular weight is 357 g/mol. The molecule has 118 valence electrons. The molecule has 0 bridgehead atoms. The second kappa shape index (κ2) is 9.05. The average Bonchev–Trinajstić information content (AvgIpc) is 2.44. The lowest BCUT2D eigenvalue weighted by molar-refractivity contribution is -0.128. The maximum absolute atomic E-state index is 11.5. The predicted octanol–water partition coefficient (Wildman–Crippen LogP) is 3.37. The molecule has 21 heavy (non-hydrogen) atoms. The van der Waals surface area contributed by atoms with Crippen LogP contribution in [0.5, 0.6) is 5.75 Å². The van der Waals surface area contributed by atoms with Crippen LogP contribution in [0.2, 0.25) is 0 Å². The fourth-order valence-corrected chi connectivity index (χ4v) is 2.41. The van der Waals surface area contributed by atoms with E-state index < -0.39 is 0 Å². The second-order valence-electron chi connectivity index (χ2n) is 5.20. The summed E-state index contributed by atoms with van der Waals surface area (Å²) in [5, 5.41) is 3.39. The maximum atomic E-state index is 11.5. The number of halogens is 1. The van der Waals surface area contributed by atoms with E-state index in [4.69, 9.17) is 4.74 Å². The van der Waals surface area contributed by atoms with Crippen molar-refractivity contribution < 1.29 is 9.53 Å². The number of ether oxygens (including phenoxy) is 1. The number of hydrogen-bond acceptors (Lipinski definition) is 3. The molecule has 0 radical (unpaired) electrons. The molecule has 1 aromatic carbocycles. The van der Waals surface area contributed by atoms with E-state index in [0.29, 0.717) is 13.0 Å². The summed E-state index contributed by atoms with van der Waals surface area (Å²) in [6, 6.07) is 6.25. The van der Waals surface area contributed by atoms with Crippen LogP contribution in [-0.2, 0) is 4.79 Å². The zero-order valence-electron chi connectivity index (χ0n) is 13.3. The molecule has 0 aliphatic rings. The molecule has 1 aromatic rings. The number of carbonyl (C=O) groups excluding carboxylic acids is 1. The first kappa shape index (κ1) is 18.0. The molecule has 4 nitrogen and oxygen atoms in total. The highest BCUT2D eigenvalue weighted by Gasteiger charge is 2.12. The van der Waals surface area contributed by atoms with Gasteiger partial charge in [-0.1, -0.05) is 22.9 Å². The smallest absolute Gasteiger partial charge is 0.222 e. The predicted molar refractivity (Wildman–Crippen MR) is 89.7 cm³/mol. The topological polar surface area (TPSA) is 41.6 Å². The Morgan fingerprint density at radius 2 is 2.14 bits per heavy atom. The minimum absolute atomic E-state index is 0.135. The van der Waals surface area contributed by atoms with Crippen molar-refractivity contribution in [2.24, 2.45) is 0 Å². The third kappa shape index (κ3) is 6.06. The van der Waals surface area contributed by atoms with E-state index in [0.717, 1.165) is 28.8 Å². The highest BCUT2D eigenvalue weighted by Crippen LogP contribution is 2.28. The van der Waals surface area contributed by atoms with Crippen molar-refractivity contribution in [1.82, 2.24) is 10.2 Å². The molecule has 0 spiro atoms. The second-order valence-corrected chi connectivity index (χ2v) is 6.12. The molecule has 1 unspecified atom stereocenters. The van der Waals surface area contributed by atoms with Crippen molar-refractivity contribution >= 4 is 21.8 Å². The molecule has 0 aliphatic carbocycles. The lowest BCUT2D eigenvalue weighted by Crippen LogP contribution is -2.22. The summed E-state index contributed by atoms with van der Waals surface area (Å²) in [4.78, 5) is 13.1. The van der Waals surface area contributed by atoms with Crippen LogP contribution >= 0.6 is 15.9 Å². The van der Waals surface area contributed by atoms with E-state index in [2.05, 4.69) is 41.2 Å². The van der Waals surface area contributed by atoms with Gasteiger partial charge in [0.2, 0.25) is 5.91 Å². The van der Waals surface area contributed by atoms with Gasteiger partial charge in [-0.2, -0.15) is 0 Å². The van der Waals surface area contributed by atoms with Crippen LogP contribution in [0.25, 0.3) is 0 Å². The highest BCUT2D eigenvalue weighted by molar-refractivity contribution is 9.10. The van der Waals surface area contributed by atoms with Crippen LogP contribution in [0.3, 0.4) is 0 Å². The Hall–Kier alpha value is -1.07. The first-order valence-corrected chi connectivity index (χ1v) is 8.10. The Labute approximate surface area is 136 Å². The van der Waals surface area contributed by atoms with Gasteiger partial charge in [0.1, 0.15) is 5.75 Å². The van der Waals surface area contributed by atoms with E-state index >= 15 is 0 Å². The first-order valence-electron chi connectivity index (χ1n) is 7.31. The van der Waals surface area contributed by atoms with Gasteiger partial charge >= 0.3 is 0 Å². The molecule has 5 heteroatoms. The largest absolute Gasteiger partial charge is 0.493 e.